The number of nitrogens with one attached hydrogen (secondary N) is 1. The molecule has 0 bridgehead atoms. The van der Waals surface area contributed by atoms with Crippen molar-refractivity contribution in [1.29, 1.82) is 0 Å². The van der Waals surface area contributed by atoms with E-state index < -0.39 is 6.10 Å². The predicted octanol–water partition coefficient (Wildman–Crippen LogP) is 3.34. The molecular formula is C20H33NO3S2. The van der Waals surface area contributed by atoms with Crippen LogP contribution in [-0.2, 0) is 12.8 Å². The third-order valence-corrected chi connectivity index (χ3v) is 5.68. The minimum atomic E-state index is -0.520. The Kier molecular flexibility index (Phi) is 8.94. The van der Waals surface area contributed by atoms with Gasteiger partial charge in [0, 0.05) is 42.3 Å². The van der Waals surface area contributed by atoms with Gasteiger partial charge in [0.25, 0.3) is 0 Å². The number of rotatable bonds is 8. The lowest BCUT2D eigenvalue weighted by atomic mass is 10.0. The highest BCUT2D eigenvalue weighted by Crippen LogP contribution is 2.39. The maximum atomic E-state index is 10.4. The van der Waals surface area contributed by atoms with Crippen LogP contribution in [-0.4, -0.2) is 53.8 Å². The van der Waals surface area contributed by atoms with Crippen molar-refractivity contribution in [2.75, 3.05) is 25.1 Å². The lowest BCUT2D eigenvalue weighted by molar-refractivity contribution is 0.0501. The quantitative estimate of drug-likeness (QED) is 0.586. The van der Waals surface area contributed by atoms with Gasteiger partial charge in [0.05, 0.1) is 0 Å². The van der Waals surface area contributed by atoms with Crippen LogP contribution in [0.25, 0.3) is 0 Å². The molecular weight excluding hydrogens is 366 g/mol. The van der Waals surface area contributed by atoms with Crippen LogP contribution in [0.15, 0.2) is 12.1 Å². The van der Waals surface area contributed by atoms with E-state index in [2.05, 4.69) is 43.3 Å². The van der Waals surface area contributed by atoms with E-state index in [-0.39, 0.29) is 12.2 Å². The summed E-state index contributed by atoms with van der Waals surface area (Å²) < 4.78 is 11.8. The molecule has 1 aromatic carbocycles. The average Bonchev–Trinajstić information content (AvgIpc) is 3.20. The Labute approximate surface area is 167 Å². The van der Waals surface area contributed by atoms with Crippen LogP contribution in [0, 0.1) is 0 Å². The SMILES string of the molecule is CC.CSCCC(S)CNCC(O)C1Cc2cc3c(cc2O1)CC(C)O3. The number of benzene rings is 1. The Hall–Kier alpha value is -0.560. The summed E-state index contributed by atoms with van der Waals surface area (Å²) in [4.78, 5) is 0. The molecule has 4 atom stereocenters. The molecule has 2 aliphatic rings. The molecule has 4 unspecified atom stereocenters. The van der Waals surface area contributed by atoms with Crippen LogP contribution < -0.4 is 14.8 Å². The first-order valence-corrected chi connectivity index (χ1v) is 11.5. The second-order valence-corrected chi connectivity index (χ2v) is 8.44. The Morgan fingerprint density at radius 3 is 2.54 bits per heavy atom. The summed E-state index contributed by atoms with van der Waals surface area (Å²) in [5.41, 5.74) is 2.35. The van der Waals surface area contributed by atoms with Crippen molar-refractivity contribution in [2.24, 2.45) is 0 Å². The summed E-state index contributed by atoms with van der Waals surface area (Å²) >= 11 is 6.40. The number of hydrogen-bond donors (Lipinski definition) is 3. The number of aliphatic hydroxyl groups excluding tert-OH is 1. The second-order valence-electron chi connectivity index (χ2n) is 6.72. The summed E-state index contributed by atoms with van der Waals surface area (Å²) in [6.07, 6.45) is 4.38. The molecule has 3 rings (SSSR count). The fourth-order valence-corrected chi connectivity index (χ4v) is 4.23. The maximum Gasteiger partial charge on any atom is 0.130 e. The molecule has 0 amide bonds. The second kappa shape index (κ2) is 10.7. The number of fused-ring (bicyclic) bond motifs is 2. The fraction of sp³-hybridized carbons (Fsp3) is 0.700. The minimum absolute atomic E-state index is 0.183. The molecule has 0 saturated carbocycles. The highest BCUT2D eigenvalue weighted by atomic mass is 32.2. The van der Waals surface area contributed by atoms with Crippen molar-refractivity contribution in [3.63, 3.8) is 0 Å². The zero-order valence-corrected chi connectivity index (χ0v) is 18.0. The summed E-state index contributed by atoms with van der Waals surface area (Å²) in [6.45, 7) is 7.42. The smallest absolute Gasteiger partial charge is 0.130 e. The number of aliphatic hydroxyl groups is 1. The summed E-state index contributed by atoms with van der Waals surface area (Å²) in [5, 5.41) is 14.0. The predicted molar refractivity (Wildman–Crippen MR) is 114 cm³/mol. The van der Waals surface area contributed by atoms with Crippen molar-refractivity contribution < 1.29 is 14.6 Å². The number of thiol groups is 1. The molecule has 0 aliphatic carbocycles. The fourth-order valence-electron chi connectivity index (χ4n) is 3.27. The largest absolute Gasteiger partial charge is 0.490 e. The maximum absolute atomic E-state index is 10.4. The molecule has 148 valence electrons. The van der Waals surface area contributed by atoms with Crippen LogP contribution in [0.4, 0.5) is 0 Å². The standard InChI is InChI=1S/C18H27NO3S2.C2H6/c1-11-5-12-6-17-13(7-16(12)21-11)8-18(22-17)15(20)10-19-9-14(23)3-4-24-2;1-2/h6-7,11,14-15,18-20,23H,3-5,8-10H2,1-2H3;1-2H3. The third kappa shape index (κ3) is 5.72. The van der Waals surface area contributed by atoms with Gasteiger partial charge in [-0.25, -0.2) is 0 Å². The molecule has 0 fully saturated rings. The minimum Gasteiger partial charge on any atom is -0.490 e. The summed E-state index contributed by atoms with van der Waals surface area (Å²) in [7, 11) is 0. The Balaban J connectivity index is 0.00000117. The van der Waals surface area contributed by atoms with Crippen LogP contribution in [0.5, 0.6) is 11.5 Å². The van der Waals surface area contributed by atoms with Crippen molar-refractivity contribution in [3.8, 4) is 11.5 Å². The molecule has 4 nitrogen and oxygen atoms in total. The Morgan fingerprint density at radius 2 is 1.85 bits per heavy atom. The van der Waals surface area contributed by atoms with E-state index in [1.807, 2.05) is 25.6 Å². The van der Waals surface area contributed by atoms with Crippen molar-refractivity contribution in [3.05, 3.63) is 23.3 Å². The molecule has 6 heteroatoms. The van der Waals surface area contributed by atoms with Gasteiger partial charge in [-0.1, -0.05) is 13.8 Å². The van der Waals surface area contributed by atoms with Gasteiger partial charge < -0.3 is 19.9 Å². The van der Waals surface area contributed by atoms with Crippen LogP contribution in [0.1, 0.15) is 38.3 Å². The van der Waals surface area contributed by atoms with E-state index in [1.54, 1.807) is 0 Å². The lowest BCUT2D eigenvalue weighted by Crippen LogP contribution is -2.40. The van der Waals surface area contributed by atoms with Gasteiger partial charge >= 0.3 is 0 Å². The number of thioether (sulfide) groups is 1. The van der Waals surface area contributed by atoms with Crippen LogP contribution in [0.3, 0.4) is 0 Å². The van der Waals surface area contributed by atoms with E-state index in [4.69, 9.17) is 9.47 Å². The first-order chi connectivity index (χ1) is 12.6. The van der Waals surface area contributed by atoms with Crippen LogP contribution >= 0.6 is 24.4 Å². The first-order valence-electron chi connectivity index (χ1n) is 9.61. The highest BCUT2D eigenvalue weighted by molar-refractivity contribution is 7.98. The zero-order chi connectivity index (χ0) is 19.1. The molecule has 0 saturated heterocycles. The third-order valence-electron chi connectivity index (χ3n) is 4.60. The van der Waals surface area contributed by atoms with E-state index in [9.17, 15) is 5.11 Å². The molecule has 1 aromatic rings. The van der Waals surface area contributed by atoms with Gasteiger partial charge in [-0.05, 0) is 37.5 Å². The first kappa shape index (κ1) is 21.7. The molecule has 2 N–H and O–H groups in total. The van der Waals surface area contributed by atoms with Crippen LogP contribution in [0.2, 0.25) is 0 Å². The van der Waals surface area contributed by atoms with E-state index >= 15 is 0 Å². The van der Waals surface area contributed by atoms with Gasteiger partial charge in [-0.3, -0.25) is 0 Å². The van der Waals surface area contributed by atoms with E-state index in [1.165, 1.54) is 5.56 Å². The number of ether oxygens (including phenoxy) is 2. The van der Waals surface area contributed by atoms with Crippen molar-refractivity contribution >= 4 is 24.4 Å². The van der Waals surface area contributed by atoms with Gasteiger partial charge in [0.15, 0.2) is 0 Å². The zero-order valence-electron chi connectivity index (χ0n) is 16.3. The number of hydrogen-bond acceptors (Lipinski definition) is 6. The average molecular weight is 400 g/mol. The molecule has 0 radical (unpaired) electrons. The molecule has 26 heavy (non-hydrogen) atoms. The molecule has 2 heterocycles. The van der Waals surface area contributed by atoms with Gasteiger partial charge in [0.1, 0.15) is 29.8 Å². The Morgan fingerprint density at radius 1 is 1.19 bits per heavy atom. The van der Waals surface area contributed by atoms with Gasteiger partial charge in [0.2, 0.25) is 0 Å². The topological polar surface area (TPSA) is 50.7 Å². The lowest BCUT2D eigenvalue weighted by Gasteiger charge is -2.19. The van der Waals surface area contributed by atoms with Crippen molar-refractivity contribution in [2.45, 2.75) is 63.6 Å². The van der Waals surface area contributed by atoms with Gasteiger partial charge in [-0.15, -0.1) is 0 Å². The molecule has 0 aromatic heterocycles. The van der Waals surface area contributed by atoms with E-state index in [0.29, 0.717) is 11.8 Å². The Bertz CT molecular complexity index is 535. The monoisotopic (exact) mass is 399 g/mol. The molecule has 0 spiro atoms. The van der Waals surface area contributed by atoms with Gasteiger partial charge in [-0.2, -0.15) is 24.4 Å². The summed E-state index contributed by atoms with van der Waals surface area (Å²) in [6, 6.07) is 4.17. The van der Waals surface area contributed by atoms with Crippen molar-refractivity contribution in [1.82, 2.24) is 5.32 Å². The summed E-state index contributed by atoms with van der Waals surface area (Å²) in [5.74, 6) is 3.00. The molecule has 2 aliphatic heterocycles. The van der Waals surface area contributed by atoms with E-state index in [0.717, 1.165) is 48.6 Å². The normalized spacial score (nSPS) is 22.4. The highest BCUT2D eigenvalue weighted by Gasteiger charge is 2.32.